The van der Waals surface area contributed by atoms with Crippen LogP contribution in [0.3, 0.4) is 0 Å². The lowest BCUT2D eigenvalue weighted by Gasteiger charge is -2.32. The first kappa shape index (κ1) is 22.1. The molecule has 0 spiro atoms. The number of hydrogen-bond donors (Lipinski definition) is 0. The molecule has 1 saturated heterocycles. The van der Waals surface area contributed by atoms with Crippen molar-refractivity contribution in [1.29, 1.82) is 0 Å². The van der Waals surface area contributed by atoms with Crippen LogP contribution in [0.25, 0.3) is 6.08 Å². The van der Waals surface area contributed by atoms with E-state index in [-0.39, 0.29) is 41.5 Å². The Kier molecular flexibility index (Phi) is 7.33. The molecule has 1 aliphatic rings. The molecule has 0 aromatic heterocycles. The van der Waals surface area contributed by atoms with Crippen LogP contribution in [-0.4, -0.2) is 49.0 Å². The van der Waals surface area contributed by atoms with E-state index in [1.807, 2.05) is 0 Å². The Balaban J connectivity index is 1.58. The molecule has 2 aromatic rings. The minimum Gasteiger partial charge on any atom is -0.490 e. The lowest BCUT2D eigenvalue weighted by atomic mass is 10.1. The number of ketones is 1. The van der Waals surface area contributed by atoms with Crippen molar-refractivity contribution in [3.8, 4) is 5.75 Å². The number of hydrogen-bond acceptors (Lipinski definition) is 4. The lowest BCUT2D eigenvalue weighted by Crippen LogP contribution is -2.47. The lowest BCUT2D eigenvalue weighted by molar-refractivity contribution is -0.134. The van der Waals surface area contributed by atoms with E-state index in [4.69, 9.17) is 9.47 Å². The van der Waals surface area contributed by atoms with Gasteiger partial charge < -0.3 is 14.4 Å². The predicted molar refractivity (Wildman–Crippen MR) is 111 cm³/mol. The van der Waals surface area contributed by atoms with Gasteiger partial charge in [0.2, 0.25) is 5.91 Å². The van der Waals surface area contributed by atoms with Gasteiger partial charge in [-0.25, -0.2) is 8.78 Å². The summed E-state index contributed by atoms with van der Waals surface area (Å²) in [5.74, 6) is -1.11. The molecule has 1 atom stereocenters. The van der Waals surface area contributed by atoms with E-state index in [9.17, 15) is 18.4 Å². The van der Waals surface area contributed by atoms with Crippen LogP contribution in [0.2, 0.25) is 0 Å². The summed E-state index contributed by atoms with van der Waals surface area (Å²) in [7, 11) is 0. The summed E-state index contributed by atoms with van der Waals surface area (Å²) in [6, 6.07) is 8.24. The molecule has 1 unspecified atom stereocenters. The van der Waals surface area contributed by atoms with Gasteiger partial charge in [-0.05, 0) is 64.8 Å². The number of benzene rings is 2. The summed E-state index contributed by atoms with van der Waals surface area (Å²) in [6.07, 6.45) is 2.66. The van der Waals surface area contributed by atoms with Gasteiger partial charge in [0.25, 0.3) is 0 Å². The monoisotopic (exact) mass is 479 g/mol. The van der Waals surface area contributed by atoms with Gasteiger partial charge in [-0.1, -0.05) is 6.07 Å². The van der Waals surface area contributed by atoms with Crippen molar-refractivity contribution in [3.63, 3.8) is 0 Å². The number of rotatable bonds is 6. The van der Waals surface area contributed by atoms with Crippen molar-refractivity contribution >= 4 is 33.7 Å². The largest absolute Gasteiger partial charge is 0.490 e. The molecule has 30 heavy (non-hydrogen) atoms. The third kappa shape index (κ3) is 5.73. The topological polar surface area (TPSA) is 55.8 Å². The average Bonchev–Trinajstić information content (AvgIpc) is 2.73. The van der Waals surface area contributed by atoms with Gasteiger partial charge in [0.15, 0.2) is 5.78 Å². The molecule has 0 radical (unpaired) electrons. The molecule has 1 amide bonds. The zero-order chi connectivity index (χ0) is 21.7. The number of Topliss-reactive ketones (excluding diaryl/α,β-unsaturated/α-hetero) is 1. The molecule has 2 aromatic carbocycles. The van der Waals surface area contributed by atoms with E-state index in [0.717, 1.165) is 6.07 Å². The van der Waals surface area contributed by atoms with E-state index < -0.39 is 5.82 Å². The minimum atomic E-state index is -0.516. The van der Waals surface area contributed by atoms with E-state index in [1.165, 1.54) is 31.2 Å². The van der Waals surface area contributed by atoms with Gasteiger partial charge in [0.05, 0.1) is 23.2 Å². The van der Waals surface area contributed by atoms with Crippen LogP contribution >= 0.6 is 15.9 Å². The highest BCUT2D eigenvalue weighted by Crippen LogP contribution is 2.21. The van der Waals surface area contributed by atoms with E-state index >= 15 is 0 Å². The molecular weight excluding hydrogens is 460 g/mol. The summed E-state index contributed by atoms with van der Waals surface area (Å²) in [4.78, 5) is 25.8. The Bertz CT molecular complexity index is 980. The molecule has 1 aliphatic heterocycles. The van der Waals surface area contributed by atoms with Crippen LogP contribution in [0, 0.1) is 11.6 Å². The van der Waals surface area contributed by atoms with Crippen LogP contribution in [0.4, 0.5) is 8.78 Å². The van der Waals surface area contributed by atoms with E-state index in [0.29, 0.717) is 29.7 Å². The van der Waals surface area contributed by atoms with Gasteiger partial charge in [-0.3, -0.25) is 9.59 Å². The SMILES string of the molecule is CC(=O)c1cc(F)ccc1OCC1CN(C(=O)C=Cc2ccc(F)c(Br)c2)CCO1. The Hall–Kier alpha value is -2.58. The first-order valence-corrected chi connectivity index (χ1v) is 10.1. The predicted octanol–water partition coefficient (Wildman–Crippen LogP) is 4.25. The van der Waals surface area contributed by atoms with E-state index in [2.05, 4.69) is 15.9 Å². The van der Waals surface area contributed by atoms with Crippen molar-refractivity contribution in [2.75, 3.05) is 26.3 Å². The molecule has 0 bridgehead atoms. The maximum Gasteiger partial charge on any atom is 0.246 e. The zero-order valence-corrected chi connectivity index (χ0v) is 17.8. The number of amides is 1. The summed E-state index contributed by atoms with van der Waals surface area (Å²) in [5, 5.41) is 0. The van der Waals surface area contributed by atoms with Crippen molar-refractivity contribution in [2.45, 2.75) is 13.0 Å². The zero-order valence-electron chi connectivity index (χ0n) is 16.2. The minimum absolute atomic E-state index is 0.115. The Morgan fingerprint density at radius 1 is 1.27 bits per heavy atom. The molecular formula is C22H20BrF2NO4. The van der Waals surface area contributed by atoms with E-state index in [1.54, 1.807) is 23.1 Å². The first-order valence-electron chi connectivity index (χ1n) is 9.30. The summed E-state index contributed by atoms with van der Waals surface area (Å²) in [6.45, 7) is 2.54. The Morgan fingerprint density at radius 2 is 2.07 bits per heavy atom. The smallest absolute Gasteiger partial charge is 0.246 e. The molecule has 3 rings (SSSR count). The van der Waals surface area contributed by atoms with Crippen LogP contribution in [0.5, 0.6) is 5.75 Å². The number of morpholine rings is 1. The maximum absolute atomic E-state index is 13.4. The Labute approximate surface area is 181 Å². The molecule has 1 heterocycles. The fraction of sp³-hybridized carbons (Fsp3) is 0.273. The maximum atomic E-state index is 13.4. The second kappa shape index (κ2) is 9.95. The highest BCUT2D eigenvalue weighted by Gasteiger charge is 2.24. The van der Waals surface area contributed by atoms with Gasteiger partial charge in [-0.2, -0.15) is 0 Å². The summed E-state index contributed by atoms with van der Waals surface area (Å²) < 4.78 is 38.3. The number of halogens is 3. The summed E-state index contributed by atoms with van der Waals surface area (Å²) in [5.41, 5.74) is 0.852. The van der Waals surface area contributed by atoms with Crippen molar-refractivity contribution in [2.24, 2.45) is 0 Å². The fourth-order valence-corrected chi connectivity index (χ4v) is 3.39. The highest BCUT2D eigenvalue weighted by atomic mass is 79.9. The Morgan fingerprint density at radius 3 is 2.80 bits per heavy atom. The normalized spacial score (nSPS) is 16.7. The molecule has 0 saturated carbocycles. The number of ether oxygens (including phenoxy) is 2. The molecule has 158 valence electrons. The van der Waals surface area contributed by atoms with Crippen molar-refractivity contribution in [1.82, 2.24) is 4.90 Å². The van der Waals surface area contributed by atoms with Gasteiger partial charge >= 0.3 is 0 Å². The van der Waals surface area contributed by atoms with Crippen molar-refractivity contribution in [3.05, 3.63) is 69.7 Å². The molecule has 0 aliphatic carbocycles. The molecule has 1 fully saturated rings. The van der Waals surface area contributed by atoms with Crippen molar-refractivity contribution < 1.29 is 27.8 Å². The third-order valence-electron chi connectivity index (χ3n) is 4.56. The van der Waals surface area contributed by atoms with Gasteiger partial charge in [0, 0.05) is 12.6 Å². The van der Waals surface area contributed by atoms with Crippen LogP contribution in [0.1, 0.15) is 22.8 Å². The van der Waals surface area contributed by atoms with Crippen LogP contribution in [-0.2, 0) is 9.53 Å². The van der Waals surface area contributed by atoms with Crippen LogP contribution in [0.15, 0.2) is 46.9 Å². The quantitative estimate of drug-likeness (QED) is 0.459. The van der Waals surface area contributed by atoms with Gasteiger partial charge in [-0.15, -0.1) is 0 Å². The summed E-state index contributed by atoms with van der Waals surface area (Å²) >= 11 is 3.12. The molecule has 8 heteroatoms. The second-order valence-corrected chi connectivity index (χ2v) is 7.65. The number of carbonyl (C=O) groups is 2. The molecule has 5 nitrogen and oxygen atoms in total. The molecule has 0 N–H and O–H groups in total. The average molecular weight is 480 g/mol. The number of nitrogens with zero attached hydrogens (tertiary/aromatic N) is 1. The highest BCUT2D eigenvalue weighted by molar-refractivity contribution is 9.10. The third-order valence-corrected chi connectivity index (χ3v) is 5.17. The fourth-order valence-electron chi connectivity index (χ4n) is 3.00. The van der Waals surface area contributed by atoms with Gasteiger partial charge in [0.1, 0.15) is 30.1 Å². The van der Waals surface area contributed by atoms with Crippen LogP contribution < -0.4 is 4.74 Å². The number of carbonyl (C=O) groups excluding carboxylic acids is 2. The second-order valence-electron chi connectivity index (χ2n) is 6.79. The first-order chi connectivity index (χ1) is 14.3. The standard InChI is InChI=1S/C22H20BrF2NO4/c1-14(27)18-11-16(24)4-6-21(18)30-13-17-12-26(8-9-29-17)22(28)7-3-15-2-5-20(25)19(23)10-15/h2-7,10-11,17H,8-9,12-13H2,1H3.